The standard InChI is InChI=1S/C11H18ClN3O2S/c1-8-10(12)6-9(7-11(8)13)18(16,17)14-4-5-15(2)3/h6-7,14H,4-5,13H2,1-3H3. The SMILES string of the molecule is Cc1c(N)cc(S(=O)(=O)NCCN(C)C)cc1Cl. The minimum Gasteiger partial charge on any atom is -0.398 e. The lowest BCUT2D eigenvalue weighted by molar-refractivity contribution is 0.412. The molecule has 3 N–H and O–H groups in total. The summed E-state index contributed by atoms with van der Waals surface area (Å²) < 4.78 is 26.5. The summed E-state index contributed by atoms with van der Waals surface area (Å²) in [5, 5.41) is 0.350. The van der Waals surface area contributed by atoms with E-state index in [2.05, 4.69) is 4.72 Å². The summed E-state index contributed by atoms with van der Waals surface area (Å²) in [4.78, 5) is 1.98. The van der Waals surface area contributed by atoms with Crippen LogP contribution in [0, 0.1) is 6.92 Å². The van der Waals surface area contributed by atoms with Crippen LogP contribution in [0.5, 0.6) is 0 Å². The number of sulfonamides is 1. The number of hydrogen-bond acceptors (Lipinski definition) is 4. The number of nitrogens with two attached hydrogens (primary N) is 1. The van der Waals surface area contributed by atoms with E-state index in [1.807, 2.05) is 19.0 Å². The molecule has 0 amide bonds. The van der Waals surface area contributed by atoms with Gasteiger partial charge >= 0.3 is 0 Å². The van der Waals surface area contributed by atoms with Gasteiger partial charge in [-0.1, -0.05) is 11.6 Å². The van der Waals surface area contributed by atoms with Crippen LogP contribution in [-0.4, -0.2) is 40.5 Å². The van der Waals surface area contributed by atoms with Crippen LogP contribution in [0.1, 0.15) is 5.56 Å². The van der Waals surface area contributed by atoms with Crippen molar-refractivity contribution in [3.63, 3.8) is 0 Å². The second kappa shape index (κ2) is 5.88. The maximum Gasteiger partial charge on any atom is 0.240 e. The fourth-order valence-corrected chi connectivity index (χ4v) is 2.69. The van der Waals surface area contributed by atoms with Crippen molar-refractivity contribution in [3.05, 3.63) is 22.7 Å². The third kappa shape index (κ3) is 3.84. The van der Waals surface area contributed by atoms with E-state index in [-0.39, 0.29) is 4.90 Å². The number of rotatable bonds is 5. The highest BCUT2D eigenvalue weighted by Crippen LogP contribution is 2.25. The quantitative estimate of drug-likeness (QED) is 0.796. The van der Waals surface area contributed by atoms with Crippen molar-refractivity contribution in [2.75, 3.05) is 32.9 Å². The molecule has 1 rings (SSSR count). The molecule has 0 fully saturated rings. The van der Waals surface area contributed by atoms with E-state index >= 15 is 0 Å². The van der Waals surface area contributed by atoms with Gasteiger partial charge in [0.25, 0.3) is 0 Å². The first-order valence-electron chi connectivity index (χ1n) is 5.44. The van der Waals surface area contributed by atoms with Gasteiger partial charge in [-0.3, -0.25) is 0 Å². The summed E-state index contributed by atoms with van der Waals surface area (Å²) in [6, 6.07) is 2.82. The minimum atomic E-state index is -3.56. The molecule has 1 aromatic carbocycles. The fourth-order valence-electron chi connectivity index (χ4n) is 1.32. The zero-order chi connectivity index (χ0) is 13.9. The number of halogens is 1. The Hall–Kier alpha value is -0.820. The average molecular weight is 292 g/mol. The highest BCUT2D eigenvalue weighted by Gasteiger charge is 2.16. The molecule has 0 bridgehead atoms. The molecule has 0 saturated heterocycles. The third-order valence-electron chi connectivity index (χ3n) is 2.52. The summed E-state index contributed by atoms with van der Waals surface area (Å²) in [5.74, 6) is 0. The molecule has 0 saturated carbocycles. The van der Waals surface area contributed by atoms with Crippen LogP contribution in [0.15, 0.2) is 17.0 Å². The molecule has 0 aromatic heterocycles. The van der Waals surface area contributed by atoms with Gasteiger partial charge in [0.1, 0.15) is 0 Å². The molecule has 0 atom stereocenters. The number of anilines is 1. The first-order chi connectivity index (χ1) is 8.24. The molecule has 0 aliphatic heterocycles. The predicted molar refractivity (Wildman–Crippen MR) is 74.3 cm³/mol. The molecule has 1 aromatic rings. The second-order valence-electron chi connectivity index (χ2n) is 4.32. The monoisotopic (exact) mass is 291 g/mol. The van der Waals surface area contributed by atoms with Gasteiger partial charge in [-0.2, -0.15) is 0 Å². The minimum absolute atomic E-state index is 0.0920. The van der Waals surface area contributed by atoms with E-state index in [1.165, 1.54) is 12.1 Å². The van der Waals surface area contributed by atoms with Crippen LogP contribution in [-0.2, 0) is 10.0 Å². The van der Waals surface area contributed by atoms with E-state index in [1.54, 1.807) is 6.92 Å². The molecule has 0 heterocycles. The van der Waals surface area contributed by atoms with Gasteiger partial charge in [-0.25, -0.2) is 13.1 Å². The van der Waals surface area contributed by atoms with E-state index < -0.39 is 10.0 Å². The van der Waals surface area contributed by atoms with Crippen molar-refractivity contribution >= 4 is 27.3 Å². The zero-order valence-corrected chi connectivity index (χ0v) is 12.3. The molecule has 18 heavy (non-hydrogen) atoms. The molecule has 0 aliphatic rings. The number of nitrogens with zero attached hydrogens (tertiary/aromatic N) is 1. The average Bonchev–Trinajstić information content (AvgIpc) is 2.24. The van der Waals surface area contributed by atoms with E-state index in [0.717, 1.165) is 0 Å². The summed E-state index contributed by atoms with van der Waals surface area (Å²) in [6.45, 7) is 2.70. The van der Waals surface area contributed by atoms with Crippen molar-refractivity contribution in [2.45, 2.75) is 11.8 Å². The second-order valence-corrected chi connectivity index (χ2v) is 6.49. The van der Waals surface area contributed by atoms with Crippen molar-refractivity contribution in [2.24, 2.45) is 0 Å². The number of benzene rings is 1. The first-order valence-corrected chi connectivity index (χ1v) is 7.30. The molecule has 7 heteroatoms. The van der Waals surface area contributed by atoms with Crippen LogP contribution in [0.4, 0.5) is 5.69 Å². The Morgan fingerprint density at radius 1 is 1.39 bits per heavy atom. The van der Waals surface area contributed by atoms with E-state index in [4.69, 9.17) is 17.3 Å². The Bertz CT molecular complexity index is 506. The summed E-state index contributed by atoms with van der Waals surface area (Å²) in [7, 11) is 0.181. The molecular weight excluding hydrogens is 274 g/mol. The predicted octanol–water partition coefficient (Wildman–Crippen LogP) is 1.07. The van der Waals surface area contributed by atoms with Crippen molar-refractivity contribution in [1.29, 1.82) is 0 Å². The highest BCUT2D eigenvalue weighted by molar-refractivity contribution is 7.89. The molecule has 0 unspecified atom stereocenters. The number of nitrogens with one attached hydrogen (secondary N) is 1. The van der Waals surface area contributed by atoms with Crippen LogP contribution in [0.25, 0.3) is 0 Å². The number of hydrogen-bond donors (Lipinski definition) is 2. The van der Waals surface area contributed by atoms with Crippen molar-refractivity contribution in [3.8, 4) is 0 Å². The van der Waals surface area contributed by atoms with Crippen LogP contribution < -0.4 is 10.5 Å². The summed E-state index contributed by atoms with van der Waals surface area (Å²) >= 11 is 5.93. The smallest absolute Gasteiger partial charge is 0.240 e. The van der Waals surface area contributed by atoms with E-state index in [0.29, 0.717) is 29.4 Å². The largest absolute Gasteiger partial charge is 0.398 e. The van der Waals surface area contributed by atoms with Gasteiger partial charge < -0.3 is 10.6 Å². The normalized spacial score (nSPS) is 12.1. The fraction of sp³-hybridized carbons (Fsp3) is 0.455. The van der Waals surface area contributed by atoms with E-state index in [9.17, 15) is 8.42 Å². The molecule has 102 valence electrons. The molecule has 0 aliphatic carbocycles. The zero-order valence-electron chi connectivity index (χ0n) is 10.7. The lowest BCUT2D eigenvalue weighted by Crippen LogP contribution is -2.31. The Labute approximate surface area is 113 Å². The molecule has 5 nitrogen and oxygen atoms in total. The third-order valence-corrected chi connectivity index (χ3v) is 4.35. The van der Waals surface area contributed by atoms with Crippen LogP contribution in [0.2, 0.25) is 5.02 Å². The van der Waals surface area contributed by atoms with Gasteiger partial charge in [-0.05, 0) is 38.7 Å². The highest BCUT2D eigenvalue weighted by atomic mass is 35.5. The van der Waals surface area contributed by atoms with Gasteiger partial charge in [-0.15, -0.1) is 0 Å². The van der Waals surface area contributed by atoms with Gasteiger partial charge in [0.2, 0.25) is 10.0 Å². The first kappa shape index (κ1) is 15.2. The van der Waals surface area contributed by atoms with Crippen molar-refractivity contribution < 1.29 is 8.42 Å². The van der Waals surface area contributed by atoms with Crippen LogP contribution >= 0.6 is 11.6 Å². The van der Waals surface area contributed by atoms with Crippen LogP contribution in [0.3, 0.4) is 0 Å². The summed E-state index contributed by atoms with van der Waals surface area (Å²) in [6.07, 6.45) is 0. The molecular formula is C11H18ClN3O2S. The lowest BCUT2D eigenvalue weighted by atomic mass is 10.2. The Kier molecular flexibility index (Phi) is 4.98. The number of likely N-dealkylation sites (N-methyl/N-ethyl adjacent to an activating group) is 1. The van der Waals surface area contributed by atoms with Gasteiger partial charge in [0.15, 0.2) is 0 Å². The number of nitrogen functional groups attached to an aromatic ring is 1. The van der Waals surface area contributed by atoms with Gasteiger partial charge in [0.05, 0.1) is 4.90 Å². The van der Waals surface area contributed by atoms with Crippen molar-refractivity contribution in [1.82, 2.24) is 9.62 Å². The Morgan fingerprint density at radius 2 is 2.00 bits per heavy atom. The lowest BCUT2D eigenvalue weighted by Gasteiger charge is -2.12. The molecule has 0 radical (unpaired) electrons. The topological polar surface area (TPSA) is 75.4 Å². The maximum atomic E-state index is 12.0. The van der Waals surface area contributed by atoms with Gasteiger partial charge in [0, 0.05) is 23.8 Å². The summed E-state index contributed by atoms with van der Waals surface area (Å²) in [5.41, 5.74) is 6.77. The Balaban J connectivity index is 2.92. The molecule has 0 spiro atoms. The Morgan fingerprint density at radius 3 is 2.50 bits per heavy atom. The maximum absolute atomic E-state index is 12.0.